The second kappa shape index (κ2) is 9.81. The number of carbonyl (C=O) groups is 2. The molecule has 1 amide bonds. The number of aromatic carboxylic acids is 1. The van der Waals surface area contributed by atoms with Gasteiger partial charge in [0.25, 0.3) is 5.91 Å². The summed E-state index contributed by atoms with van der Waals surface area (Å²) in [7, 11) is 3.42. The summed E-state index contributed by atoms with van der Waals surface area (Å²) >= 11 is 13.4. The van der Waals surface area contributed by atoms with Crippen LogP contribution in [0.4, 0.5) is 5.13 Å². The fraction of sp³-hybridized carbons (Fsp3) is 0.455. The largest absolute Gasteiger partial charge is 0.477 e. The molecule has 3 N–H and O–H groups in total. The van der Waals surface area contributed by atoms with Crippen LogP contribution in [0.3, 0.4) is 0 Å². The first-order chi connectivity index (χ1) is 16.5. The molecule has 3 aromatic heterocycles. The summed E-state index contributed by atoms with van der Waals surface area (Å²) < 4.78 is 7.52. The van der Waals surface area contributed by atoms with E-state index in [0.29, 0.717) is 46.9 Å². The molecular formula is C22H26Cl2N6O4S. The Morgan fingerprint density at radius 1 is 1.23 bits per heavy atom. The maximum atomic E-state index is 12.8. The van der Waals surface area contributed by atoms with Crippen LogP contribution >= 0.6 is 34.5 Å². The summed E-state index contributed by atoms with van der Waals surface area (Å²) in [6.07, 6.45) is 0.212. The van der Waals surface area contributed by atoms with Crippen molar-refractivity contribution in [2.24, 2.45) is 7.05 Å². The third-order valence-electron chi connectivity index (χ3n) is 6.37. The number of imidazole rings is 1. The lowest BCUT2D eigenvalue weighted by Gasteiger charge is -2.37. The molecule has 35 heavy (non-hydrogen) atoms. The third-order valence-corrected chi connectivity index (χ3v) is 8.42. The molecule has 1 saturated heterocycles. The van der Waals surface area contributed by atoms with E-state index in [1.165, 1.54) is 0 Å². The number of piperidine rings is 1. The van der Waals surface area contributed by atoms with Gasteiger partial charge in [-0.25, -0.2) is 14.8 Å². The van der Waals surface area contributed by atoms with Gasteiger partial charge in [-0.05, 0) is 27.2 Å². The van der Waals surface area contributed by atoms with Gasteiger partial charge in [-0.2, -0.15) is 0 Å². The van der Waals surface area contributed by atoms with Crippen LogP contribution < -0.4 is 10.2 Å². The molecule has 1 fully saturated rings. The number of rotatable bonds is 6. The first kappa shape index (κ1) is 25.5. The molecule has 0 aliphatic carbocycles. The van der Waals surface area contributed by atoms with Crippen LogP contribution in [-0.2, 0) is 11.8 Å². The minimum atomic E-state index is -1.05. The van der Waals surface area contributed by atoms with E-state index in [1.54, 1.807) is 14.0 Å². The van der Waals surface area contributed by atoms with Gasteiger partial charge >= 0.3 is 5.97 Å². The predicted molar refractivity (Wildman–Crippen MR) is 135 cm³/mol. The number of carboxylic acids is 1. The first-order valence-corrected chi connectivity index (χ1v) is 12.5. The van der Waals surface area contributed by atoms with Crippen molar-refractivity contribution >= 4 is 51.5 Å². The van der Waals surface area contributed by atoms with E-state index in [1.807, 2.05) is 30.4 Å². The van der Waals surface area contributed by atoms with E-state index in [-0.39, 0.29) is 33.6 Å². The number of aromatic nitrogens is 4. The Hall–Kier alpha value is -2.60. The number of ether oxygens (including phenoxy) is 1. The average Bonchev–Trinajstić information content (AvgIpc) is 3.46. The zero-order valence-corrected chi connectivity index (χ0v) is 22.2. The van der Waals surface area contributed by atoms with Gasteiger partial charge in [-0.1, -0.05) is 34.5 Å². The second-order valence-corrected chi connectivity index (χ2v) is 10.2. The van der Waals surface area contributed by atoms with Gasteiger partial charge in [0.15, 0.2) is 11.0 Å². The van der Waals surface area contributed by atoms with Crippen LogP contribution in [0.2, 0.25) is 10.0 Å². The Morgan fingerprint density at radius 2 is 1.94 bits per heavy atom. The highest BCUT2D eigenvalue weighted by molar-refractivity contribution is 7.17. The zero-order chi connectivity index (χ0) is 25.6. The van der Waals surface area contributed by atoms with Gasteiger partial charge in [-0.15, -0.1) is 0 Å². The SMILES string of the molecule is COC1CN(c2nc(-c3nc(C)c(C)n3C)c(C(=O)O)s2)CCC1NC(=O)c1[nH]c(C)c(Cl)c1Cl. The van der Waals surface area contributed by atoms with Gasteiger partial charge in [0.05, 0.1) is 27.9 Å². The molecule has 1 aliphatic rings. The van der Waals surface area contributed by atoms with Crippen molar-refractivity contribution in [3.8, 4) is 11.5 Å². The van der Waals surface area contributed by atoms with Gasteiger partial charge in [0.1, 0.15) is 16.3 Å². The zero-order valence-electron chi connectivity index (χ0n) is 19.9. The lowest BCUT2D eigenvalue weighted by atomic mass is 10.0. The lowest BCUT2D eigenvalue weighted by Crippen LogP contribution is -2.55. The van der Waals surface area contributed by atoms with Crippen molar-refractivity contribution in [3.05, 3.63) is 37.7 Å². The molecule has 4 heterocycles. The van der Waals surface area contributed by atoms with Crippen molar-refractivity contribution in [1.82, 2.24) is 24.8 Å². The van der Waals surface area contributed by atoms with Crippen LogP contribution in [0.5, 0.6) is 0 Å². The van der Waals surface area contributed by atoms with E-state index < -0.39 is 5.97 Å². The number of aryl methyl sites for hydroxylation is 2. The fourth-order valence-electron chi connectivity index (χ4n) is 4.13. The number of amides is 1. The van der Waals surface area contributed by atoms with E-state index in [9.17, 15) is 14.7 Å². The number of hydrogen-bond donors (Lipinski definition) is 3. The molecule has 0 spiro atoms. The van der Waals surface area contributed by atoms with Crippen LogP contribution in [0.1, 0.15) is 43.7 Å². The molecule has 3 aromatic rings. The third kappa shape index (κ3) is 4.65. The quantitative estimate of drug-likeness (QED) is 0.433. The number of thiazole rings is 1. The molecule has 4 rings (SSSR count). The molecule has 10 nitrogen and oxygen atoms in total. The van der Waals surface area contributed by atoms with Gasteiger partial charge < -0.3 is 29.6 Å². The molecule has 188 valence electrons. The number of nitrogens with zero attached hydrogens (tertiary/aromatic N) is 4. The van der Waals surface area contributed by atoms with Crippen LogP contribution in [0.25, 0.3) is 11.5 Å². The number of halogens is 2. The fourth-order valence-corrected chi connectivity index (χ4v) is 5.48. The predicted octanol–water partition coefficient (Wildman–Crippen LogP) is 3.83. The summed E-state index contributed by atoms with van der Waals surface area (Å²) in [5, 5.41) is 13.9. The maximum absolute atomic E-state index is 12.8. The van der Waals surface area contributed by atoms with Crippen molar-refractivity contribution < 1.29 is 19.4 Å². The molecule has 2 atom stereocenters. The molecular weight excluding hydrogens is 515 g/mol. The number of nitrogens with one attached hydrogen (secondary N) is 2. The molecule has 0 saturated carbocycles. The van der Waals surface area contributed by atoms with E-state index in [2.05, 4.69) is 20.3 Å². The highest BCUT2D eigenvalue weighted by atomic mass is 35.5. The van der Waals surface area contributed by atoms with Crippen LogP contribution in [-0.4, -0.2) is 68.8 Å². The van der Waals surface area contributed by atoms with Gasteiger partial charge in [0, 0.05) is 38.6 Å². The van der Waals surface area contributed by atoms with E-state index in [0.717, 1.165) is 22.7 Å². The highest BCUT2D eigenvalue weighted by Gasteiger charge is 2.34. The van der Waals surface area contributed by atoms with E-state index in [4.69, 9.17) is 27.9 Å². The number of anilines is 1. The van der Waals surface area contributed by atoms with Crippen molar-refractivity contribution in [2.75, 3.05) is 25.1 Å². The van der Waals surface area contributed by atoms with Crippen molar-refractivity contribution in [2.45, 2.75) is 39.3 Å². The Bertz CT molecular complexity index is 1300. The number of carboxylic acid groups (broad SMARTS) is 1. The Morgan fingerprint density at radius 3 is 2.49 bits per heavy atom. The summed E-state index contributed by atoms with van der Waals surface area (Å²) in [6.45, 7) is 6.52. The average molecular weight is 541 g/mol. The number of aromatic amines is 1. The number of methoxy groups -OCH3 is 1. The van der Waals surface area contributed by atoms with Crippen molar-refractivity contribution in [1.29, 1.82) is 0 Å². The van der Waals surface area contributed by atoms with Crippen molar-refractivity contribution in [3.63, 3.8) is 0 Å². The number of carbonyl (C=O) groups excluding carboxylic acids is 1. The lowest BCUT2D eigenvalue weighted by molar-refractivity contribution is 0.0540. The smallest absolute Gasteiger partial charge is 0.348 e. The Balaban J connectivity index is 1.55. The normalized spacial score (nSPS) is 18.2. The van der Waals surface area contributed by atoms with Gasteiger partial charge in [-0.3, -0.25) is 4.79 Å². The second-order valence-electron chi connectivity index (χ2n) is 8.49. The number of H-pyrrole nitrogens is 1. The van der Waals surface area contributed by atoms with Crippen LogP contribution in [0.15, 0.2) is 0 Å². The topological polar surface area (TPSA) is 125 Å². The molecule has 1 aliphatic heterocycles. The van der Waals surface area contributed by atoms with Gasteiger partial charge in [0.2, 0.25) is 0 Å². The summed E-state index contributed by atoms with van der Waals surface area (Å²) in [4.78, 5) is 39.0. The summed E-state index contributed by atoms with van der Waals surface area (Å²) in [5.41, 5.74) is 2.94. The monoisotopic (exact) mass is 540 g/mol. The maximum Gasteiger partial charge on any atom is 0.348 e. The molecule has 0 bridgehead atoms. The summed E-state index contributed by atoms with van der Waals surface area (Å²) in [6, 6.07) is -0.277. The van der Waals surface area contributed by atoms with Crippen LogP contribution in [0, 0.1) is 20.8 Å². The highest BCUT2D eigenvalue weighted by Crippen LogP contribution is 2.35. The molecule has 0 aromatic carbocycles. The minimum absolute atomic E-state index is 0.131. The molecule has 2 unspecified atom stereocenters. The first-order valence-electron chi connectivity index (χ1n) is 10.9. The molecule has 0 radical (unpaired) electrons. The molecule has 13 heteroatoms. The minimum Gasteiger partial charge on any atom is -0.477 e. The summed E-state index contributed by atoms with van der Waals surface area (Å²) in [5.74, 6) is -0.901. The Kier molecular flexibility index (Phi) is 7.14. The standard InChI is InChI=1S/C22H26Cl2N6O4S/c1-9-11(3)29(4)19(26-9)17-18(21(32)33)35-22(28-17)30-7-6-12(13(8-30)34-5)27-20(31)16-15(24)14(23)10(2)25-16/h12-13,25H,6-8H2,1-5H3,(H,27,31)(H,32,33). The van der Waals surface area contributed by atoms with E-state index >= 15 is 0 Å². The Labute approximate surface area is 216 Å². The number of hydrogen-bond acceptors (Lipinski definition) is 7.